The van der Waals surface area contributed by atoms with Gasteiger partial charge in [-0.3, -0.25) is 0 Å². The standard InChI is InChI=1S/C21H26O5/c1-12-13(2)21(15-7-9-17(23-3)19(11-15)25-5)26-20(12)14-6-8-16(22)18(10-14)24-4/h6-13,20-22H,1-5H3/t12-,13+,20-,21+/m1/s1. The van der Waals surface area contributed by atoms with Crippen LogP contribution in [0.1, 0.15) is 37.2 Å². The summed E-state index contributed by atoms with van der Waals surface area (Å²) in [6, 6.07) is 11.3. The first-order valence-electron chi connectivity index (χ1n) is 8.74. The van der Waals surface area contributed by atoms with Crippen molar-refractivity contribution in [3.05, 3.63) is 47.5 Å². The second-order valence-electron chi connectivity index (χ2n) is 6.74. The SMILES string of the molecule is COc1cc([C@@H]2O[C@H](c3ccc(OC)c(OC)c3)[C@@H](C)[C@H]2C)ccc1O. The first-order chi connectivity index (χ1) is 12.5. The summed E-state index contributed by atoms with van der Waals surface area (Å²) < 4.78 is 22.4. The first kappa shape index (κ1) is 18.4. The zero-order chi connectivity index (χ0) is 18.8. The Balaban J connectivity index is 1.90. The fourth-order valence-corrected chi connectivity index (χ4v) is 3.62. The highest BCUT2D eigenvalue weighted by Gasteiger charge is 2.41. The average molecular weight is 358 g/mol. The summed E-state index contributed by atoms with van der Waals surface area (Å²) >= 11 is 0. The summed E-state index contributed by atoms with van der Waals surface area (Å²) in [5, 5.41) is 9.84. The Kier molecular flexibility index (Phi) is 5.28. The van der Waals surface area contributed by atoms with E-state index >= 15 is 0 Å². The molecular formula is C21H26O5. The van der Waals surface area contributed by atoms with Crippen molar-refractivity contribution in [2.45, 2.75) is 26.1 Å². The number of hydrogen-bond acceptors (Lipinski definition) is 5. The van der Waals surface area contributed by atoms with E-state index in [0.717, 1.165) is 11.1 Å². The molecular weight excluding hydrogens is 332 g/mol. The molecule has 5 nitrogen and oxygen atoms in total. The predicted molar refractivity (Wildman–Crippen MR) is 99.1 cm³/mol. The summed E-state index contributed by atoms with van der Waals surface area (Å²) in [6.07, 6.45) is -0.118. The van der Waals surface area contributed by atoms with Gasteiger partial charge in [0.25, 0.3) is 0 Å². The molecule has 4 atom stereocenters. The van der Waals surface area contributed by atoms with Crippen molar-refractivity contribution < 1.29 is 24.1 Å². The van der Waals surface area contributed by atoms with Crippen LogP contribution in [0.25, 0.3) is 0 Å². The van der Waals surface area contributed by atoms with Gasteiger partial charge < -0.3 is 24.1 Å². The fraction of sp³-hybridized carbons (Fsp3) is 0.429. The van der Waals surface area contributed by atoms with E-state index in [1.54, 1.807) is 27.4 Å². The Morgan fingerprint density at radius 1 is 0.731 bits per heavy atom. The Morgan fingerprint density at radius 2 is 1.23 bits per heavy atom. The van der Waals surface area contributed by atoms with Crippen LogP contribution in [0.3, 0.4) is 0 Å². The summed E-state index contributed by atoms with van der Waals surface area (Å²) in [5.74, 6) is 2.62. The highest BCUT2D eigenvalue weighted by atomic mass is 16.5. The van der Waals surface area contributed by atoms with Crippen LogP contribution in [0.5, 0.6) is 23.0 Å². The van der Waals surface area contributed by atoms with Crippen LogP contribution in [-0.2, 0) is 4.74 Å². The normalized spacial score (nSPS) is 25.1. The number of phenolic OH excluding ortho intramolecular Hbond substituents is 1. The van der Waals surface area contributed by atoms with E-state index in [1.807, 2.05) is 30.3 Å². The third-order valence-corrected chi connectivity index (χ3v) is 5.35. The molecule has 0 aromatic heterocycles. The molecule has 1 N–H and O–H groups in total. The van der Waals surface area contributed by atoms with Gasteiger partial charge >= 0.3 is 0 Å². The van der Waals surface area contributed by atoms with Crippen LogP contribution in [0, 0.1) is 11.8 Å². The molecule has 2 aromatic rings. The molecule has 1 heterocycles. The maximum atomic E-state index is 9.84. The van der Waals surface area contributed by atoms with Gasteiger partial charge in [0.2, 0.25) is 0 Å². The molecule has 26 heavy (non-hydrogen) atoms. The lowest BCUT2D eigenvalue weighted by atomic mass is 9.85. The molecule has 0 amide bonds. The Bertz CT molecular complexity index is 773. The fourth-order valence-electron chi connectivity index (χ4n) is 3.62. The van der Waals surface area contributed by atoms with E-state index in [9.17, 15) is 5.11 Å². The van der Waals surface area contributed by atoms with Gasteiger partial charge in [0.05, 0.1) is 33.5 Å². The lowest BCUT2D eigenvalue weighted by Gasteiger charge is -2.18. The summed E-state index contributed by atoms with van der Waals surface area (Å²) in [5.41, 5.74) is 2.07. The molecule has 5 heteroatoms. The maximum absolute atomic E-state index is 9.84. The van der Waals surface area contributed by atoms with Crippen molar-refractivity contribution >= 4 is 0 Å². The van der Waals surface area contributed by atoms with Gasteiger partial charge in [-0.1, -0.05) is 26.0 Å². The number of benzene rings is 2. The Labute approximate surface area is 154 Å². The lowest BCUT2D eigenvalue weighted by molar-refractivity contribution is 0.0288. The summed E-state index contributed by atoms with van der Waals surface area (Å²) in [4.78, 5) is 0. The number of hydrogen-bond donors (Lipinski definition) is 1. The molecule has 3 rings (SSSR count). The summed E-state index contributed by atoms with van der Waals surface area (Å²) in [6.45, 7) is 4.39. The number of phenols is 1. The molecule has 140 valence electrons. The van der Waals surface area contributed by atoms with Crippen LogP contribution in [0.15, 0.2) is 36.4 Å². The minimum atomic E-state index is -0.0717. The van der Waals surface area contributed by atoms with E-state index in [2.05, 4.69) is 13.8 Å². The van der Waals surface area contributed by atoms with E-state index < -0.39 is 0 Å². The zero-order valence-corrected chi connectivity index (χ0v) is 15.9. The number of rotatable bonds is 5. The minimum absolute atomic E-state index is 0.0467. The topological polar surface area (TPSA) is 57.2 Å². The molecule has 0 radical (unpaired) electrons. The highest BCUT2D eigenvalue weighted by Crippen LogP contribution is 2.50. The van der Waals surface area contributed by atoms with Crippen molar-refractivity contribution in [2.24, 2.45) is 11.8 Å². The third-order valence-electron chi connectivity index (χ3n) is 5.35. The molecule has 1 aliphatic heterocycles. The molecule has 1 saturated heterocycles. The number of ether oxygens (including phenoxy) is 4. The van der Waals surface area contributed by atoms with E-state index in [-0.39, 0.29) is 18.0 Å². The molecule has 1 fully saturated rings. The van der Waals surface area contributed by atoms with E-state index in [1.165, 1.54) is 0 Å². The third kappa shape index (κ3) is 3.19. The van der Waals surface area contributed by atoms with Crippen LogP contribution >= 0.6 is 0 Å². The van der Waals surface area contributed by atoms with Crippen LogP contribution in [0.2, 0.25) is 0 Å². The van der Waals surface area contributed by atoms with E-state index in [0.29, 0.717) is 29.1 Å². The smallest absolute Gasteiger partial charge is 0.161 e. The molecule has 0 aliphatic carbocycles. The van der Waals surface area contributed by atoms with E-state index in [4.69, 9.17) is 18.9 Å². The minimum Gasteiger partial charge on any atom is -0.504 e. The molecule has 2 aromatic carbocycles. The van der Waals surface area contributed by atoms with Gasteiger partial charge in [-0.25, -0.2) is 0 Å². The van der Waals surface area contributed by atoms with Crippen LogP contribution in [0.4, 0.5) is 0 Å². The van der Waals surface area contributed by atoms with Gasteiger partial charge in [0.15, 0.2) is 23.0 Å². The van der Waals surface area contributed by atoms with Crippen LogP contribution in [-0.4, -0.2) is 26.4 Å². The first-order valence-corrected chi connectivity index (χ1v) is 8.74. The molecule has 0 spiro atoms. The van der Waals surface area contributed by atoms with Gasteiger partial charge in [0, 0.05) is 0 Å². The zero-order valence-electron chi connectivity index (χ0n) is 15.9. The molecule has 0 saturated carbocycles. The summed E-state index contributed by atoms with van der Waals surface area (Å²) in [7, 11) is 4.81. The quantitative estimate of drug-likeness (QED) is 0.853. The largest absolute Gasteiger partial charge is 0.504 e. The van der Waals surface area contributed by atoms with Gasteiger partial charge in [-0.15, -0.1) is 0 Å². The van der Waals surface area contributed by atoms with Crippen molar-refractivity contribution in [2.75, 3.05) is 21.3 Å². The molecule has 0 bridgehead atoms. The lowest BCUT2D eigenvalue weighted by Crippen LogP contribution is -2.10. The average Bonchev–Trinajstić information content (AvgIpc) is 2.96. The maximum Gasteiger partial charge on any atom is 0.161 e. The Hall–Kier alpha value is -2.40. The van der Waals surface area contributed by atoms with Gasteiger partial charge in [-0.2, -0.15) is 0 Å². The molecule has 0 unspecified atom stereocenters. The monoisotopic (exact) mass is 358 g/mol. The number of methoxy groups -OCH3 is 3. The van der Waals surface area contributed by atoms with Crippen molar-refractivity contribution in [3.8, 4) is 23.0 Å². The van der Waals surface area contributed by atoms with Crippen LogP contribution < -0.4 is 14.2 Å². The Morgan fingerprint density at radius 3 is 1.77 bits per heavy atom. The second kappa shape index (κ2) is 7.46. The van der Waals surface area contributed by atoms with Crippen molar-refractivity contribution in [1.29, 1.82) is 0 Å². The van der Waals surface area contributed by atoms with Crippen molar-refractivity contribution in [1.82, 2.24) is 0 Å². The van der Waals surface area contributed by atoms with Gasteiger partial charge in [0.1, 0.15) is 0 Å². The predicted octanol–water partition coefficient (Wildman–Crippen LogP) is 4.50. The van der Waals surface area contributed by atoms with Gasteiger partial charge in [-0.05, 0) is 47.2 Å². The number of aromatic hydroxyl groups is 1. The second-order valence-corrected chi connectivity index (χ2v) is 6.74. The molecule has 1 aliphatic rings. The highest BCUT2D eigenvalue weighted by molar-refractivity contribution is 5.45. The van der Waals surface area contributed by atoms with Crippen molar-refractivity contribution in [3.63, 3.8) is 0 Å².